The number of likely N-dealkylation sites (tertiary alicyclic amines) is 1. The van der Waals surface area contributed by atoms with E-state index in [1.54, 1.807) is 12.1 Å². The number of aryl methyl sites for hydroxylation is 1. The molecule has 2 aromatic carbocycles. The molecule has 0 unspecified atom stereocenters. The molecule has 0 atom stereocenters. The van der Waals surface area contributed by atoms with E-state index in [1.165, 1.54) is 12.1 Å². The van der Waals surface area contributed by atoms with Crippen molar-refractivity contribution in [2.45, 2.75) is 43.0 Å². The van der Waals surface area contributed by atoms with Crippen LogP contribution >= 0.6 is 23.2 Å². The molecule has 1 saturated carbocycles. The third kappa shape index (κ3) is 3.96. The van der Waals surface area contributed by atoms with Crippen LogP contribution in [-0.4, -0.2) is 31.2 Å². The van der Waals surface area contributed by atoms with Gasteiger partial charge in [-0.1, -0.05) is 40.9 Å². The molecule has 0 radical (unpaired) electrons. The molecule has 1 aliphatic carbocycles. The lowest BCUT2D eigenvalue weighted by Crippen LogP contribution is -2.39. The predicted octanol–water partition coefficient (Wildman–Crippen LogP) is 4.71. The highest BCUT2D eigenvalue weighted by Crippen LogP contribution is 2.50. The summed E-state index contributed by atoms with van der Waals surface area (Å²) in [7, 11) is -3.88. The van der Waals surface area contributed by atoms with Gasteiger partial charge in [0.05, 0.1) is 20.5 Å². The lowest BCUT2D eigenvalue weighted by Gasteiger charge is -2.29. The van der Waals surface area contributed by atoms with E-state index in [4.69, 9.17) is 23.2 Å². The minimum absolute atomic E-state index is 0.0465. The van der Waals surface area contributed by atoms with Gasteiger partial charge in [0.2, 0.25) is 0 Å². The van der Waals surface area contributed by atoms with Crippen LogP contribution in [0.2, 0.25) is 10.0 Å². The second kappa shape index (κ2) is 7.45. The number of amidine groups is 1. The van der Waals surface area contributed by atoms with E-state index in [-0.39, 0.29) is 20.5 Å². The molecule has 1 spiro atoms. The standard InChI is InChI=1S/C20H20Cl2FN3O2S/c1-13-3-5-15(6-4-13)29(27,28)25-24-19(26-10-2-7-20(26)8-9-20)18-16(21)11-14(23)12-17(18)22/h3-6,11-12,25H,2,7-10H2,1H3/b24-19+. The third-order valence-electron chi connectivity index (χ3n) is 5.51. The van der Waals surface area contributed by atoms with E-state index in [9.17, 15) is 12.8 Å². The van der Waals surface area contributed by atoms with Crippen LogP contribution in [0.3, 0.4) is 0 Å². The Balaban J connectivity index is 1.76. The number of rotatable bonds is 4. The minimum Gasteiger partial charge on any atom is -0.349 e. The maximum Gasteiger partial charge on any atom is 0.276 e. The van der Waals surface area contributed by atoms with Gasteiger partial charge >= 0.3 is 0 Å². The molecule has 4 rings (SSSR count). The van der Waals surface area contributed by atoms with Crippen molar-refractivity contribution in [2.24, 2.45) is 5.10 Å². The lowest BCUT2D eigenvalue weighted by atomic mass is 10.1. The van der Waals surface area contributed by atoms with Crippen LogP contribution in [-0.2, 0) is 10.0 Å². The third-order valence-corrected chi connectivity index (χ3v) is 7.33. The van der Waals surface area contributed by atoms with E-state index in [2.05, 4.69) is 14.8 Å². The van der Waals surface area contributed by atoms with Crippen LogP contribution in [0, 0.1) is 12.7 Å². The lowest BCUT2D eigenvalue weighted by molar-refractivity contribution is 0.368. The number of nitrogens with zero attached hydrogens (tertiary/aromatic N) is 2. The van der Waals surface area contributed by atoms with Gasteiger partial charge in [-0.3, -0.25) is 0 Å². The van der Waals surface area contributed by atoms with Crippen molar-refractivity contribution in [3.63, 3.8) is 0 Å². The summed E-state index contributed by atoms with van der Waals surface area (Å²) in [4.78, 5) is 4.47. The van der Waals surface area contributed by atoms with Crippen LogP contribution in [0.1, 0.15) is 36.8 Å². The van der Waals surface area contributed by atoms with Crippen molar-refractivity contribution in [3.05, 3.63) is 63.4 Å². The molecule has 0 amide bonds. The van der Waals surface area contributed by atoms with Crippen LogP contribution in [0.25, 0.3) is 0 Å². The van der Waals surface area contributed by atoms with Gasteiger partial charge in [-0.15, -0.1) is 5.10 Å². The SMILES string of the molecule is Cc1ccc(S(=O)(=O)N/N=C(\c2c(Cl)cc(F)cc2Cl)N2CCCC23CC3)cc1. The molecule has 154 valence electrons. The van der Waals surface area contributed by atoms with Gasteiger partial charge in [-0.05, 0) is 56.9 Å². The number of sulfonamides is 1. The van der Waals surface area contributed by atoms with Gasteiger partial charge in [0, 0.05) is 12.1 Å². The molecule has 1 N–H and O–H groups in total. The summed E-state index contributed by atoms with van der Waals surface area (Å²) in [5.41, 5.74) is 1.23. The fraction of sp³-hybridized carbons (Fsp3) is 0.350. The molecule has 2 fully saturated rings. The summed E-state index contributed by atoms with van der Waals surface area (Å²) in [6.45, 7) is 2.58. The molecule has 2 aromatic rings. The Bertz CT molecular complexity index is 1060. The smallest absolute Gasteiger partial charge is 0.276 e. The van der Waals surface area contributed by atoms with E-state index in [0.29, 0.717) is 17.9 Å². The highest BCUT2D eigenvalue weighted by molar-refractivity contribution is 7.89. The molecular weight excluding hydrogens is 436 g/mol. The summed E-state index contributed by atoms with van der Waals surface area (Å²) in [6, 6.07) is 8.77. The van der Waals surface area contributed by atoms with Crippen molar-refractivity contribution in [3.8, 4) is 0 Å². The molecule has 1 aliphatic heterocycles. The predicted molar refractivity (Wildman–Crippen MR) is 112 cm³/mol. The first-order valence-electron chi connectivity index (χ1n) is 9.31. The Kier molecular flexibility index (Phi) is 5.25. The molecule has 0 bridgehead atoms. The summed E-state index contributed by atoms with van der Waals surface area (Å²) in [5, 5.41) is 4.42. The van der Waals surface area contributed by atoms with Crippen molar-refractivity contribution >= 4 is 39.1 Å². The second-order valence-corrected chi connectivity index (χ2v) is 10.0. The molecule has 5 nitrogen and oxygen atoms in total. The average molecular weight is 456 g/mol. The van der Waals surface area contributed by atoms with Crippen LogP contribution in [0.15, 0.2) is 46.4 Å². The normalized spacial score (nSPS) is 18.3. The Hall–Kier alpha value is -1.83. The summed E-state index contributed by atoms with van der Waals surface area (Å²) < 4.78 is 39.2. The molecule has 0 aromatic heterocycles. The molecule has 9 heteroatoms. The Morgan fingerprint density at radius 3 is 2.34 bits per heavy atom. The molecule has 1 heterocycles. The number of halogens is 3. The largest absolute Gasteiger partial charge is 0.349 e. The Morgan fingerprint density at radius 2 is 1.76 bits per heavy atom. The monoisotopic (exact) mass is 455 g/mol. The first-order valence-corrected chi connectivity index (χ1v) is 11.5. The Morgan fingerprint density at radius 1 is 1.14 bits per heavy atom. The van der Waals surface area contributed by atoms with Crippen molar-refractivity contribution in [1.29, 1.82) is 0 Å². The van der Waals surface area contributed by atoms with Crippen molar-refractivity contribution in [1.82, 2.24) is 9.73 Å². The number of nitrogens with one attached hydrogen (secondary N) is 1. The van der Waals surface area contributed by atoms with Gasteiger partial charge in [-0.2, -0.15) is 13.2 Å². The molecule has 2 aliphatic rings. The van der Waals surface area contributed by atoms with Crippen LogP contribution < -0.4 is 4.83 Å². The van der Waals surface area contributed by atoms with Gasteiger partial charge in [0.1, 0.15) is 5.82 Å². The average Bonchev–Trinajstić information content (AvgIpc) is 3.30. The van der Waals surface area contributed by atoms with Gasteiger partial charge in [-0.25, -0.2) is 4.39 Å². The van der Waals surface area contributed by atoms with E-state index < -0.39 is 15.8 Å². The van der Waals surface area contributed by atoms with Crippen molar-refractivity contribution in [2.75, 3.05) is 6.54 Å². The van der Waals surface area contributed by atoms with Gasteiger partial charge < -0.3 is 4.90 Å². The second-order valence-electron chi connectivity index (χ2n) is 7.57. The number of hydrogen-bond acceptors (Lipinski definition) is 3. The van der Waals surface area contributed by atoms with E-state index in [1.807, 2.05) is 6.92 Å². The topological polar surface area (TPSA) is 61.8 Å². The Labute approximate surface area is 179 Å². The fourth-order valence-corrected chi connectivity index (χ4v) is 5.25. The van der Waals surface area contributed by atoms with E-state index >= 15 is 0 Å². The maximum absolute atomic E-state index is 13.7. The number of hydrazone groups is 1. The summed E-state index contributed by atoms with van der Waals surface area (Å²) in [5.74, 6) is -0.239. The zero-order valence-electron chi connectivity index (χ0n) is 15.8. The van der Waals surface area contributed by atoms with Gasteiger partial charge in [0.15, 0.2) is 5.84 Å². The first kappa shape index (κ1) is 20.4. The van der Waals surface area contributed by atoms with Crippen LogP contribution in [0.4, 0.5) is 4.39 Å². The zero-order chi connectivity index (χ0) is 20.8. The number of benzene rings is 2. The highest BCUT2D eigenvalue weighted by Gasteiger charge is 2.52. The minimum atomic E-state index is -3.88. The van der Waals surface area contributed by atoms with Crippen molar-refractivity contribution < 1.29 is 12.8 Å². The fourth-order valence-electron chi connectivity index (χ4n) is 3.81. The molecular formula is C20H20Cl2FN3O2S. The maximum atomic E-state index is 13.7. The highest BCUT2D eigenvalue weighted by atomic mass is 35.5. The summed E-state index contributed by atoms with van der Waals surface area (Å²) >= 11 is 12.6. The first-order chi connectivity index (χ1) is 13.7. The molecule has 29 heavy (non-hydrogen) atoms. The van der Waals surface area contributed by atoms with E-state index in [0.717, 1.165) is 43.4 Å². The van der Waals surface area contributed by atoms with Gasteiger partial charge in [0.25, 0.3) is 10.0 Å². The quantitative estimate of drug-likeness (QED) is 0.412. The molecule has 1 saturated heterocycles. The van der Waals surface area contributed by atoms with Crippen LogP contribution in [0.5, 0.6) is 0 Å². The summed E-state index contributed by atoms with van der Waals surface area (Å²) in [6.07, 6.45) is 3.94. The zero-order valence-corrected chi connectivity index (χ0v) is 18.1. The number of hydrogen-bond donors (Lipinski definition) is 1.